The molecule has 162 valence electrons. The van der Waals surface area contributed by atoms with Crippen molar-refractivity contribution < 1.29 is 19.1 Å². The van der Waals surface area contributed by atoms with Crippen molar-refractivity contribution in [3.05, 3.63) is 41.7 Å². The second-order valence-corrected chi connectivity index (χ2v) is 7.42. The Hall–Kier alpha value is -3.36. The van der Waals surface area contributed by atoms with E-state index in [1.165, 1.54) is 6.92 Å². The molecule has 0 bridgehead atoms. The molecular weight excluding hydrogens is 386 g/mol. The van der Waals surface area contributed by atoms with Gasteiger partial charge >= 0.3 is 12.0 Å². The number of anilines is 2. The molecule has 3 amide bonds. The predicted octanol–water partition coefficient (Wildman–Crippen LogP) is 2.75. The number of carbonyl (C=O) groups excluding carboxylic acids is 3. The van der Waals surface area contributed by atoms with Crippen LogP contribution in [-0.2, 0) is 21.4 Å². The minimum atomic E-state index is -1.04. The van der Waals surface area contributed by atoms with Gasteiger partial charge in [0.2, 0.25) is 0 Å². The lowest BCUT2D eigenvalue weighted by atomic mass is 10.0. The van der Waals surface area contributed by atoms with Crippen LogP contribution in [0.4, 0.5) is 16.2 Å². The molecule has 2 rings (SSSR count). The summed E-state index contributed by atoms with van der Waals surface area (Å²) in [5.74, 6) is -1.40. The number of ether oxygens (including phenoxy) is 1. The molecule has 9 heteroatoms. The maximum absolute atomic E-state index is 12.6. The van der Waals surface area contributed by atoms with Crippen LogP contribution in [-0.4, -0.2) is 39.8 Å². The van der Waals surface area contributed by atoms with E-state index in [9.17, 15) is 14.4 Å². The minimum absolute atomic E-state index is 0.239. The lowest BCUT2D eigenvalue weighted by Crippen LogP contribution is -2.48. The molecule has 1 heterocycles. The highest BCUT2D eigenvalue weighted by Crippen LogP contribution is 2.19. The van der Waals surface area contributed by atoms with E-state index < -0.39 is 30.1 Å². The number of urea groups is 1. The van der Waals surface area contributed by atoms with E-state index in [4.69, 9.17) is 4.74 Å². The Morgan fingerprint density at radius 1 is 1.03 bits per heavy atom. The van der Waals surface area contributed by atoms with Gasteiger partial charge in [-0.1, -0.05) is 32.0 Å². The van der Waals surface area contributed by atoms with E-state index in [1.807, 2.05) is 13.0 Å². The average Bonchev–Trinajstić information content (AvgIpc) is 2.92. The van der Waals surface area contributed by atoms with Crippen molar-refractivity contribution in [2.24, 2.45) is 13.0 Å². The van der Waals surface area contributed by atoms with Crippen LogP contribution in [0, 0.1) is 19.8 Å². The molecule has 30 heavy (non-hydrogen) atoms. The van der Waals surface area contributed by atoms with E-state index in [0.29, 0.717) is 17.1 Å². The number of hydrogen-bond acceptors (Lipinski definition) is 5. The van der Waals surface area contributed by atoms with Crippen LogP contribution < -0.4 is 16.0 Å². The third-order valence-electron chi connectivity index (χ3n) is 4.66. The van der Waals surface area contributed by atoms with Crippen LogP contribution in [0.3, 0.4) is 0 Å². The largest absolute Gasteiger partial charge is 0.451 e. The SMILES string of the molecule is Cc1nn(C)c(C)c1NC(=O)[C@@H](C)OC(=O)[C@H](NC(=O)Nc1ccccc1)C(C)C. The maximum atomic E-state index is 12.6. The summed E-state index contributed by atoms with van der Waals surface area (Å²) in [5, 5.41) is 12.3. The van der Waals surface area contributed by atoms with Gasteiger partial charge in [0.1, 0.15) is 6.04 Å². The summed E-state index contributed by atoms with van der Waals surface area (Å²) >= 11 is 0. The number of esters is 1. The molecule has 1 aromatic heterocycles. The van der Waals surface area contributed by atoms with Gasteiger partial charge in [-0.2, -0.15) is 5.10 Å². The lowest BCUT2D eigenvalue weighted by molar-refractivity contribution is -0.156. The minimum Gasteiger partial charge on any atom is -0.451 e. The second kappa shape index (κ2) is 9.91. The second-order valence-electron chi connectivity index (χ2n) is 7.42. The number of hydrogen-bond donors (Lipinski definition) is 3. The Kier molecular flexibility index (Phi) is 7.57. The fraction of sp³-hybridized carbons (Fsp3) is 0.429. The summed E-state index contributed by atoms with van der Waals surface area (Å²) in [6.45, 7) is 8.65. The Labute approximate surface area is 176 Å². The first kappa shape index (κ1) is 22.9. The van der Waals surface area contributed by atoms with Gasteiger partial charge in [0.25, 0.3) is 5.91 Å². The summed E-state index contributed by atoms with van der Waals surface area (Å²) in [7, 11) is 1.78. The molecule has 0 aliphatic rings. The Bertz CT molecular complexity index is 908. The van der Waals surface area contributed by atoms with Gasteiger partial charge in [-0.15, -0.1) is 0 Å². The molecule has 0 spiro atoms. The van der Waals surface area contributed by atoms with E-state index in [0.717, 1.165) is 5.69 Å². The van der Waals surface area contributed by atoms with Crippen molar-refractivity contribution >= 4 is 29.3 Å². The van der Waals surface area contributed by atoms with Gasteiger partial charge in [0.15, 0.2) is 6.10 Å². The van der Waals surface area contributed by atoms with Crippen LogP contribution in [0.25, 0.3) is 0 Å². The number of rotatable bonds is 7. The fourth-order valence-corrected chi connectivity index (χ4v) is 2.81. The van der Waals surface area contributed by atoms with Gasteiger partial charge < -0.3 is 20.7 Å². The summed E-state index contributed by atoms with van der Waals surface area (Å²) < 4.78 is 6.98. The number of carbonyl (C=O) groups is 3. The highest BCUT2D eigenvalue weighted by molar-refractivity contribution is 5.97. The highest BCUT2D eigenvalue weighted by Gasteiger charge is 2.29. The number of benzene rings is 1. The molecule has 2 atom stereocenters. The van der Waals surface area contributed by atoms with Crippen molar-refractivity contribution in [2.75, 3.05) is 10.6 Å². The normalized spacial score (nSPS) is 12.8. The number of nitrogens with zero attached hydrogens (tertiary/aromatic N) is 2. The van der Waals surface area contributed by atoms with Crippen LogP contribution in [0.2, 0.25) is 0 Å². The first-order valence-corrected chi connectivity index (χ1v) is 9.74. The van der Waals surface area contributed by atoms with Crippen molar-refractivity contribution in [3.63, 3.8) is 0 Å². The first-order chi connectivity index (χ1) is 14.1. The number of amides is 3. The van der Waals surface area contributed by atoms with Crippen molar-refractivity contribution in [2.45, 2.75) is 46.8 Å². The van der Waals surface area contributed by atoms with Crippen LogP contribution in [0.5, 0.6) is 0 Å². The molecule has 1 aromatic carbocycles. The first-order valence-electron chi connectivity index (χ1n) is 9.74. The third-order valence-corrected chi connectivity index (χ3v) is 4.66. The Morgan fingerprint density at radius 3 is 2.20 bits per heavy atom. The molecule has 0 unspecified atom stereocenters. The van der Waals surface area contributed by atoms with Crippen LogP contribution in [0.15, 0.2) is 30.3 Å². The topological polar surface area (TPSA) is 114 Å². The Morgan fingerprint density at radius 2 is 1.67 bits per heavy atom. The smallest absolute Gasteiger partial charge is 0.329 e. The summed E-state index contributed by atoms with van der Waals surface area (Å²) in [5.41, 5.74) is 2.65. The van der Waals surface area contributed by atoms with Crippen LogP contribution in [0.1, 0.15) is 32.2 Å². The lowest BCUT2D eigenvalue weighted by Gasteiger charge is -2.23. The number of nitrogens with one attached hydrogen (secondary N) is 3. The zero-order valence-electron chi connectivity index (χ0n) is 18.1. The van der Waals surface area contributed by atoms with E-state index in [1.54, 1.807) is 56.8 Å². The quantitative estimate of drug-likeness (QED) is 0.602. The van der Waals surface area contributed by atoms with Crippen molar-refractivity contribution in [1.29, 1.82) is 0 Å². The standard InChI is InChI=1S/C21H29N5O4/c1-12(2)17(24-21(29)22-16-10-8-7-9-11-16)20(28)30-15(5)19(27)23-18-13(3)25-26(6)14(18)4/h7-12,15,17H,1-6H3,(H,23,27)(H2,22,24,29)/t15-,17-/m1/s1. The van der Waals surface area contributed by atoms with Crippen LogP contribution >= 0.6 is 0 Å². The highest BCUT2D eigenvalue weighted by atomic mass is 16.5. The zero-order chi connectivity index (χ0) is 22.4. The molecule has 0 fully saturated rings. The predicted molar refractivity (Wildman–Crippen MR) is 114 cm³/mol. The summed E-state index contributed by atoms with van der Waals surface area (Å²) in [6.07, 6.45) is -1.04. The van der Waals surface area contributed by atoms with Gasteiger partial charge in [-0.05, 0) is 38.8 Å². The number of para-hydroxylation sites is 1. The molecule has 2 aromatic rings. The monoisotopic (exact) mass is 415 g/mol. The number of aromatic nitrogens is 2. The molecule has 0 aliphatic heterocycles. The van der Waals surface area contributed by atoms with Crippen molar-refractivity contribution in [1.82, 2.24) is 15.1 Å². The summed E-state index contributed by atoms with van der Waals surface area (Å²) in [4.78, 5) is 37.4. The molecule has 0 radical (unpaired) electrons. The molecule has 0 aliphatic carbocycles. The average molecular weight is 415 g/mol. The summed E-state index contributed by atoms with van der Waals surface area (Å²) in [6, 6.07) is 7.43. The van der Waals surface area contributed by atoms with Gasteiger partial charge in [-0.25, -0.2) is 9.59 Å². The molecule has 0 saturated heterocycles. The van der Waals surface area contributed by atoms with Gasteiger partial charge in [0.05, 0.1) is 17.1 Å². The molecule has 3 N–H and O–H groups in total. The van der Waals surface area contributed by atoms with Gasteiger partial charge in [-0.3, -0.25) is 9.48 Å². The molecule has 9 nitrogen and oxygen atoms in total. The van der Waals surface area contributed by atoms with E-state index in [2.05, 4.69) is 21.0 Å². The fourth-order valence-electron chi connectivity index (χ4n) is 2.81. The number of aryl methyl sites for hydroxylation is 2. The zero-order valence-corrected chi connectivity index (χ0v) is 18.1. The Balaban J connectivity index is 1.97. The van der Waals surface area contributed by atoms with Gasteiger partial charge in [0, 0.05) is 12.7 Å². The van der Waals surface area contributed by atoms with E-state index >= 15 is 0 Å². The van der Waals surface area contributed by atoms with E-state index in [-0.39, 0.29) is 5.92 Å². The third kappa shape index (κ3) is 5.82. The molecular formula is C21H29N5O4. The maximum Gasteiger partial charge on any atom is 0.329 e. The van der Waals surface area contributed by atoms with Crippen molar-refractivity contribution in [3.8, 4) is 0 Å². The molecule has 0 saturated carbocycles.